The van der Waals surface area contributed by atoms with Crippen molar-refractivity contribution >= 4 is 11.0 Å². The van der Waals surface area contributed by atoms with Crippen LogP contribution in [0.5, 0.6) is 0 Å². The highest BCUT2D eigenvalue weighted by Gasteiger charge is 2.05. The van der Waals surface area contributed by atoms with Crippen molar-refractivity contribution in [1.29, 1.82) is 5.26 Å². The second-order valence-corrected chi connectivity index (χ2v) is 3.11. The third kappa shape index (κ3) is 1.07. The molecule has 0 spiro atoms. The Kier molecular flexibility index (Phi) is 1.56. The third-order valence-corrected chi connectivity index (χ3v) is 2.29. The molecule has 0 radical (unpaired) electrons. The number of hydrogen-bond acceptors (Lipinski definition) is 2. The number of nitrogens with one attached hydrogen (secondary N) is 1. The van der Waals surface area contributed by atoms with Crippen molar-refractivity contribution < 1.29 is 0 Å². The van der Waals surface area contributed by atoms with Crippen molar-refractivity contribution in [3.05, 3.63) is 29.1 Å². The van der Waals surface area contributed by atoms with Crippen LogP contribution in [0.2, 0.25) is 0 Å². The fraction of sp³-hybridized carbons (Fsp3) is 0.200. The molecular weight excluding hydrogens is 162 g/mol. The minimum absolute atomic E-state index is 0.606. The summed E-state index contributed by atoms with van der Waals surface area (Å²) in [5.41, 5.74) is 3.74. The topological polar surface area (TPSA) is 52.5 Å². The molecule has 3 nitrogen and oxygen atoms in total. The van der Waals surface area contributed by atoms with Crippen molar-refractivity contribution in [2.24, 2.45) is 0 Å². The van der Waals surface area contributed by atoms with Crippen LogP contribution in [-0.4, -0.2) is 9.97 Å². The van der Waals surface area contributed by atoms with Gasteiger partial charge in [0.15, 0.2) is 0 Å². The van der Waals surface area contributed by atoms with E-state index in [0.29, 0.717) is 5.56 Å². The molecule has 13 heavy (non-hydrogen) atoms. The third-order valence-electron chi connectivity index (χ3n) is 2.29. The molecule has 0 aliphatic carbocycles. The summed E-state index contributed by atoms with van der Waals surface area (Å²) in [6.45, 7) is 4.03. The first kappa shape index (κ1) is 7.81. The lowest BCUT2D eigenvalue weighted by Gasteiger charge is -1.90. The van der Waals surface area contributed by atoms with Gasteiger partial charge in [0.05, 0.1) is 5.56 Å². The van der Waals surface area contributed by atoms with Crippen LogP contribution < -0.4 is 0 Å². The Bertz CT molecular complexity index is 503. The first-order chi connectivity index (χ1) is 6.22. The largest absolute Gasteiger partial charge is 0.343 e. The second-order valence-electron chi connectivity index (χ2n) is 3.11. The summed E-state index contributed by atoms with van der Waals surface area (Å²) in [4.78, 5) is 7.31. The number of rotatable bonds is 0. The van der Waals surface area contributed by atoms with Gasteiger partial charge in [0.25, 0.3) is 0 Å². The molecule has 0 bridgehead atoms. The molecule has 3 heteroatoms. The molecule has 64 valence electrons. The molecule has 0 unspecified atom stereocenters. The maximum atomic E-state index is 8.69. The molecule has 2 rings (SSSR count). The number of aromatic nitrogens is 2. The molecule has 2 heterocycles. The van der Waals surface area contributed by atoms with Gasteiger partial charge in [0.1, 0.15) is 11.7 Å². The van der Waals surface area contributed by atoms with Gasteiger partial charge in [-0.15, -0.1) is 0 Å². The zero-order valence-corrected chi connectivity index (χ0v) is 7.55. The molecule has 2 aromatic rings. The first-order valence-electron chi connectivity index (χ1n) is 4.07. The lowest BCUT2D eigenvalue weighted by molar-refractivity contribution is 1.22. The molecule has 0 amide bonds. The number of hydrogen-bond donors (Lipinski definition) is 1. The van der Waals surface area contributed by atoms with Crippen molar-refractivity contribution in [2.45, 2.75) is 13.8 Å². The van der Waals surface area contributed by atoms with E-state index >= 15 is 0 Å². The molecule has 0 atom stereocenters. The molecule has 2 aromatic heterocycles. The van der Waals surface area contributed by atoms with Crippen molar-refractivity contribution in [3.63, 3.8) is 0 Å². The number of H-pyrrole nitrogens is 1. The summed E-state index contributed by atoms with van der Waals surface area (Å²) in [5.74, 6) is 0. The van der Waals surface area contributed by atoms with E-state index < -0.39 is 0 Å². The number of aryl methyl sites for hydroxylation is 2. The van der Waals surface area contributed by atoms with Crippen LogP contribution in [0.1, 0.15) is 16.8 Å². The number of nitrogens with zero attached hydrogens (tertiary/aromatic N) is 2. The van der Waals surface area contributed by atoms with E-state index in [-0.39, 0.29) is 0 Å². The molecule has 0 saturated carbocycles. The maximum absolute atomic E-state index is 8.69. The smallest absolute Gasteiger partial charge is 0.137 e. The zero-order chi connectivity index (χ0) is 9.42. The highest BCUT2D eigenvalue weighted by Crippen LogP contribution is 2.19. The minimum Gasteiger partial charge on any atom is -0.343 e. The second kappa shape index (κ2) is 2.60. The van der Waals surface area contributed by atoms with E-state index in [1.54, 1.807) is 6.20 Å². The van der Waals surface area contributed by atoms with Crippen molar-refractivity contribution in [1.82, 2.24) is 9.97 Å². The Balaban J connectivity index is 2.84. The molecular formula is C10H9N3. The number of pyridine rings is 1. The highest BCUT2D eigenvalue weighted by molar-refractivity contribution is 5.81. The van der Waals surface area contributed by atoms with Crippen molar-refractivity contribution in [3.8, 4) is 6.07 Å². The molecule has 0 aromatic carbocycles. The lowest BCUT2D eigenvalue weighted by Crippen LogP contribution is -1.79. The monoisotopic (exact) mass is 171 g/mol. The normalized spacial score (nSPS) is 10.2. The summed E-state index contributed by atoms with van der Waals surface area (Å²) in [6.07, 6.45) is 1.58. The molecule has 1 N–H and O–H groups in total. The lowest BCUT2D eigenvalue weighted by atomic mass is 10.1. The molecule has 0 fully saturated rings. The van der Waals surface area contributed by atoms with Gasteiger partial charge in [0, 0.05) is 17.3 Å². The summed E-state index contributed by atoms with van der Waals surface area (Å²) in [5, 5.41) is 9.73. The average Bonchev–Trinajstić information content (AvgIpc) is 2.43. The summed E-state index contributed by atoms with van der Waals surface area (Å²) in [7, 11) is 0. The van der Waals surface area contributed by atoms with Crippen molar-refractivity contribution in [2.75, 3.05) is 0 Å². The van der Waals surface area contributed by atoms with Crippen LogP contribution >= 0.6 is 0 Å². The zero-order valence-electron chi connectivity index (χ0n) is 7.55. The molecule has 0 saturated heterocycles. The highest BCUT2D eigenvalue weighted by atomic mass is 14.9. The molecule has 0 aliphatic rings. The predicted octanol–water partition coefficient (Wildman–Crippen LogP) is 2.05. The standard InChI is InChI=1S/C10H9N3/c1-6-7(2)13-10-9(6)3-8(4-11)5-12-10/h3,5H,1-2H3,(H,12,13). The fourth-order valence-electron chi connectivity index (χ4n) is 1.38. The Labute approximate surface area is 76.0 Å². The van der Waals surface area contributed by atoms with Gasteiger partial charge in [-0.1, -0.05) is 0 Å². The quantitative estimate of drug-likeness (QED) is 0.659. The van der Waals surface area contributed by atoms with Gasteiger partial charge in [-0.2, -0.15) is 5.26 Å². The van der Waals surface area contributed by atoms with Gasteiger partial charge >= 0.3 is 0 Å². The SMILES string of the molecule is Cc1[nH]c2ncc(C#N)cc2c1C. The predicted molar refractivity (Wildman–Crippen MR) is 50.3 cm³/mol. The fourth-order valence-corrected chi connectivity index (χ4v) is 1.38. The molecule has 0 aliphatic heterocycles. The van der Waals surface area contributed by atoms with Crippen LogP contribution in [0, 0.1) is 25.2 Å². The van der Waals surface area contributed by atoms with Crippen LogP contribution in [-0.2, 0) is 0 Å². The van der Waals surface area contributed by atoms with E-state index in [9.17, 15) is 0 Å². The van der Waals surface area contributed by atoms with Gasteiger partial charge < -0.3 is 4.98 Å². The number of aromatic amines is 1. The van der Waals surface area contributed by atoms with Crippen LogP contribution in [0.15, 0.2) is 12.3 Å². The Morgan fingerprint density at radius 3 is 2.92 bits per heavy atom. The summed E-state index contributed by atoms with van der Waals surface area (Å²) >= 11 is 0. The van der Waals surface area contributed by atoms with Gasteiger partial charge in [0.2, 0.25) is 0 Å². The van der Waals surface area contributed by atoms with E-state index in [4.69, 9.17) is 5.26 Å². The number of nitriles is 1. The van der Waals surface area contributed by atoms with Gasteiger partial charge in [-0.25, -0.2) is 4.98 Å². The van der Waals surface area contributed by atoms with Crippen LogP contribution in [0.25, 0.3) is 11.0 Å². The van der Waals surface area contributed by atoms with Crippen LogP contribution in [0.4, 0.5) is 0 Å². The first-order valence-corrected chi connectivity index (χ1v) is 4.07. The average molecular weight is 171 g/mol. The Morgan fingerprint density at radius 2 is 2.23 bits per heavy atom. The van der Waals surface area contributed by atoms with E-state index in [1.807, 2.05) is 19.9 Å². The Morgan fingerprint density at radius 1 is 1.46 bits per heavy atom. The summed E-state index contributed by atoms with van der Waals surface area (Å²) in [6, 6.07) is 3.94. The minimum atomic E-state index is 0.606. The van der Waals surface area contributed by atoms with E-state index in [2.05, 4.69) is 16.0 Å². The summed E-state index contributed by atoms with van der Waals surface area (Å²) < 4.78 is 0. The Hall–Kier alpha value is -1.82. The van der Waals surface area contributed by atoms with Gasteiger partial charge in [-0.3, -0.25) is 0 Å². The van der Waals surface area contributed by atoms with E-state index in [0.717, 1.165) is 16.7 Å². The van der Waals surface area contributed by atoms with Gasteiger partial charge in [-0.05, 0) is 25.5 Å². The van der Waals surface area contributed by atoms with E-state index in [1.165, 1.54) is 5.56 Å². The van der Waals surface area contributed by atoms with Crippen LogP contribution in [0.3, 0.4) is 0 Å². The number of fused-ring (bicyclic) bond motifs is 1. The maximum Gasteiger partial charge on any atom is 0.137 e.